The van der Waals surface area contributed by atoms with E-state index >= 15 is 0 Å². The van der Waals surface area contributed by atoms with Crippen LogP contribution in [0.3, 0.4) is 0 Å². The molecule has 0 aromatic rings. The third-order valence-electron chi connectivity index (χ3n) is 9.26. The van der Waals surface area contributed by atoms with Crippen LogP contribution in [0, 0.1) is 17.8 Å². The van der Waals surface area contributed by atoms with Gasteiger partial charge in [-0.3, -0.25) is 9.59 Å². The molecule has 5 heteroatoms. The van der Waals surface area contributed by atoms with Gasteiger partial charge in [0, 0.05) is 31.3 Å². The second-order valence-electron chi connectivity index (χ2n) is 13.2. The topological polar surface area (TPSA) is 72.8 Å². The van der Waals surface area contributed by atoms with Gasteiger partial charge in [0.05, 0.1) is 18.3 Å². The highest BCUT2D eigenvalue weighted by Crippen LogP contribution is 2.33. The van der Waals surface area contributed by atoms with Gasteiger partial charge in [0.25, 0.3) is 0 Å². The minimum absolute atomic E-state index is 0.0657. The van der Waals surface area contributed by atoms with Gasteiger partial charge in [-0.05, 0) is 57.3 Å². The van der Waals surface area contributed by atoms with Crippen LogP contribution in [0.1, 0.15) is 150 Å². The number of carbonyl (C=O) groups excluding carboxylic acids is 2. The van der Waals surface area contributed by atoms with Crippen LogP contribution in [-0.4, -0.2) is 47.7 Å². The highest BCUT2D eigenvalue weighted by atomic mass is 16.5. The zero-order chi connectivity index (χ0) is 29.3. The Morgan fingerprint density at radius 2 is 1.48 bits per heavy atom. The number of aliphatic hydroxyl groups excluding tert-OH is 1. The molecule has 232 valence electrons. The zero-order valence-corrected chi connectivity index (χ0v) is 26.5. The monoisotopic (exact) mass is 562 g/mol. The first-order valence-electron chi connectivity index (χ1n) is 16.9. The fourth-order valence-corrected chi connectivity index (χ4v) is 6.62. The van der Waals surface area contributed by atoms with Crippen LogP contribution in [0.15, 0.2) is 12.2 Å². The van der Waals surface area contributed by atoms with Crippen LogP contribution in [0.25, 0.3) is 0 Å². The quantitative estimate of drug-likeness (QED) is 0.341. The number of hydrogen-bond acceptors (Lipinski definition) is 5. The molecule has 0 amide bonds. The molecular formula is C35H62O5. The van der Waals surface area contributed by atoms with Gasteiger partial charge in [0.15, 0.2) is 5.78 Å². The van der Waals surface area contributed by atoms with Crippen LogP contribution in [0.2, 0.25) is 0 Å². The summed E-state index contributed by atoms with van der Waals surface area (Å²) in [6.07, 6.45) is 18.3. The molecule has 40 heavy (non-hydrogen) atoms. The number of aliphatic hydroxyl groups is 1. The van der Waals surface area contributed by atoms with Crippen LogP contribution in [0.4, 0.5) is 0 Å². The first kappa shape index (κ1) is 35.2. The number of fused-ring (bicyclic) bond motifs is 2. The van der Waals surface area contributed by atoms with Gasteiger partial charge in [-0.2, -0.15) is 0 Å². The molecule has 2 aliphatic heterocycles. The van der Waals surface area contributed by atoms with E-state index in [1.165, 1.54) is 38.5 Å². The predicted molar refractivity (Wildman–Crippen MR) is 164 cm³/mol. The average Bonchev–Trinajstić information content (AvgIpc) is 3.26. The van der Waals surface area contributed by atoms with E-state index in [4.69, 9.17) is 9.47 Å². The SMILES string of the molecule is C=C1C[C@@H](CCC)OCCCCCCCCCCC(=O)[C@@H](C)CCCC[C@@H]2O[C@@H](C[C@H](O)C(=O)[C@@H](C)C1)C[C@@H]2C. The van der Waals surface area contributed by atoms with E-state index in [0.29, 0.717) is 24.5 Å². The fraction of sp³-hybridized carbons (Fsp3) is 0.886. The number of ketones is 2. The van der Waals surface area contributed by atoms with Crippen molar-refractivity contribution in [1.82, 2.24) is 0 Å². The molecule has 2 aliphatic rings. The summed E-state index contributed by atoms with van der Waals surface area (Å²) in [5.74, 6) is 0.656. The van der Waals surface area contributed by atoms with E-state index in [2.05, 4.69) is 27.4 Å². The Labute approximate surface area is 246 Å². The minimum atomic E-state index is -0.986. The van der Waals surface area contributed by atoms with Gasteiger partial charge >= 0.3 is 0 Å². The Morgan fingerprint density at radius 3 is 2.17 bits per heavy atom. The molecular weight excluding hydrogens is 500 g/mol. The zero-order valence-electron chi connectivity index (χ0n) is 26.5. The van der Waals surface area contributed by atoms with Gasteiger partial charge in [-0.15, -0.1) is 0 Å². The Bertz CT molecular complexity index is 733. The van der Waals surface area contributed by atoms with Gasteiger partial charge in [0.2, 0.25) is 0 Å². The molecule has 0 saturated carbocycles. The fourth-order valence-electron chi connectivity index (χ4n) is 6.62. The second kappa shape index (κ2) is 20.0. The summed E-state index contributed by atoms with van der Waals surface area (Å²) in [6.45, 7) is 13.5. The van der Waals surface area contributed by atoms with Gasteiger partial charge < -0.3 is 14.6 Å². The van der Waals surface area contributed by atoms with Crippen LogP contribution < -0.4 is 0 Å². The molecule has 0 unspecified atom stereocenters. The van der Waals surface area contributed by atoms with Gasteiger partial charge in [-0.1, -0.05) is 97.6 Å². The summed E-state index contributed by atoms with van der Waals surface area (Å²) in [6, 6.07) is 0. The maximum Gasteiger partial charge on any atom is 0.164 e. The highest BCUT2D eigenvalue weighted by molar-refractivity contribution is 5.85. The van der Waals surface area contributed by atoms with E-state index in [0.717, 1.165) is 82.8 Å². The Kier molecular flexibility index (Phi) is 17.6. The van der Waals surface area contributed by atoms with Gasteiger partial charge in [-0.25, -0.2) is 0 Å². The lowest BCUT2D eigenvalue weighted by Crippen LogP contribution is -2.31. The summed E-state index contributed by atoms with van der Waals surface area (Å²) < 4.78 is 12.5. The minimum Gasteiger partial charge on any atom is -0.385 e. The van der Waals surface area contributed by atoms with Crippen molar-refractivity contribution in [3.63, 3.8) is 0 Å². The molecule has 0 radical (unpaired) electrons. The molecule has 0 aromatic carbocycles. The number of rotatable bonds is 2. The van der Waals surface area contributed by atoms with E-state index < -0.39 is 6.10 Å². The van der Waals surface area contributed by atoms with Crippen LogP contribution in [-0.2, 0) is 19.1 Å². The molecule has 7 atom stereocenters. The first-order valence-corrected chi connectivity index (χ1v) is 16.9. The Balaban J connectivity index is 1.91. The van der Waals surface area contributed by atoms with Crippen LogP contribution in [0.5, 0.6) is 0 Å². The van der Waals surface area contributed by atoms with Gasteiger partial charge in [0.1, 0.15) is 11.9 Å². The Morgan fingerprint density at radius 1 is 0.825 bits per heavy atom. The highest BCUT2D eigenvalue weighted by Gasteiger charge is 2.35. The molecule has 2 heterocycles. The largest absolute Gasteiger partial charge is 0.385 e. The summed E-state index contributed by atoms with van der Waals surface area (Å²) in [5, 5.41) is 10.8. The van der Waals surface area contributed by atoms with Crippen molar-refractivity contribution in [3.8, 4) is 0 Å². The lowest BCUT2D eigenvalue weighted by atomic mass is 9.89. The van der Waals surface area contributed by atoms with E-state index in [1.807, 2.05) is 6.92 Å². The number of Topliss-reactive ketones (excluding diaryl/α,β-unsaturated/α-hetero) is 2. The molecule has 1 N–H and O–H groups in total. The molecule has 0 spiro atoms. The maximum absolute atomic E-state index is 13.0. The van der Waals surface area contributed by atoms with Crippen molar-refractivity contribution < 1.29 is 24.2 Å². The second-order valence-corrected chi connectivity index (χ2v) is 13.2. The van der Waals surface area contributed by atoms with Crippen molar-refractivity contribution in [1.29, 1.82) is 0 Å². The van der Waals surface area contributed by atoms with Crippen molar-refractivity contribution >= 4 is 11.6 Å². The molecule has 2 fully saturated rings. The van der Waals surface area contributed by atoms with E-state index in [-0.39, 0.29) is 35.9 Å². The summed E-state index contributed by atoms with van der Waals surface area (Å²) in [4.78, 5) is 25.6. The summed E-state index contributed by atoms with van der Waals surface area (Å²) >= 11 is 0. The third kappa shape index (κ3) is 13.7. The maximum atomic E-state index is 13.0. The standard InChI is InChI=1S/C35H62O5/c1-6-17-30-23-26(2)22-29(5)35(38)33(37)25-31-24-28(4)34(40-31)20-15-14-18-27(3)32(36)19-13-11-9-7-8-10-12-16-21-39-30/h27-31,33-34,37H,2,6-25H2,1,3-5H3/t27-,28-,29-,30+,31+,33-,34-/m0/s1. The van der Waals surface area contributed by atoms with E-state index in [9.17, 15) is 14.7 Å². The number of ether oxygens (including phenoxy) is 2. The number of hydrogen-bond donors (Lipinski definition) is 1. The van der Waals surface area contributed by atoms with Crippen molar-refractivity contribution in [2.75, 3.05) is 6.61 Å². The van der Waals surface area contributed by atoms with Crippen LogP contribution >= 0.6 is 0 Å². The van der Waals surface area contributed by atoms with Crippen molar-refractivity contribution in [2.45, 2.75) is 174 Å². The van der Waals surface area contributed by atoms with Crippen molar-refractivity contribution in [3.05, 3.63) is 12.2 Å². The first-order chi connectivity index (χ1) is 19.2. The smallest absolute Gasteiger partial charge is 0.164 e. The average molecular weight is 563 g/mol. The molecule has 2 saturated heterocycles. The Hall–Kier alpha value is -1.04. The van der Waals surface area contributed by atoms with Crippen molar-refractivity contribution in [2.24, 2.45) is 17.8 Å². The third-order valence-corrected chi connectivity index (χ3v) is 9.26. The molecule has 0 aliphatic carbocycles. The summed E-state index contributed by atoms with van der Waals surface area (Å²) in [5.41, 5.74) is 1.04. The molecule has 5 nitrogen and oxygen atoms in total. The number of carbonyl (C=O) groups is 2. The molecule has 2 bridgehead atoms. The lowest BCUT2D eigenvalue weighted by molar-refractivity contribution is -0.132. The molecule has 0 aromatic heterocycles. The lowest BCUT2D eigenvalue weighted by Gasteiger charge is -2.22. The van der Waals surface area contributed by atoms with E-state index in [1.54, 1.807) is 0 Å². The molecule has 2 rings (SSSR count). The summed E-state index contributed by atoms with van der Waals surface area (Å²) in [7, 11) is 0. The predicted octanol–water partition coefficient (Wildman–Crippen LogP) is 8.55. The normalized spacial score (nSPS) is 34.7.